The summed E-state index contributed by atoms with van der Waals surface area (Å²) >= 11 is 0. The number of ether oxygens (including phenoxy) is 10. The van der Waals surface area contributed by atoms with E-state index >= 15 is 0 Å². The summed E-state index contributed by atoms with van der Waals surface area (Å²) in [5, 5.41) is 0. The summed E-state index contributed by atoms with van der Waals surface area (Å²) < 4.78 is 63.9. The largest absolute Gasteiger partial charge is 0.489 e. The number of carbonyl (C=O) groups is 1. The zero-order chi connectivity index (χ0) is 56.0. The summed E-state index contributed by atoms with van der Waals surface area (Å²) in [7, 11) is 1.33. The maximum atomic E-state index is 13.6. The fourth-order valence-electron chi connectivity index (χ4n) is 8.73. The second-order valence-electron chi connectivity index (χ2n) is 19.2. The van der Waals surface area contributed by atoms with Crippen molar-refractivity contribution in [2.45, 2.75) is 59.5 Å². The van der Waals surface area contributed by atoms with E-state index in [1.807, 2.05) is 237 Å². The first-order valence-corrected chi connectivity index (χ1v) is 27.0. The van der Waals surface area contributed by atoms with Gasteiger partial charge in [-0.15, -0.1) is 0 Å². The monoisotopic (exact) mass is 1090 g/mol. The van der Waals surface area contributed by atoms with Crippen molar-refractivity contribution in [3.63, 3.8) is 0 Å². The van der Waals surface area contributed by atoms with E-state index in [0.29, 0.717) is 74.1 Å². The zero-order valence-corrected chi connectivity index (χ0v) is 45.5. The van der Waals surface area contributed by atoms with Gasteiger partial charge in [0.1, 0.15) is 94.0 Å². The van der Waals surface area contributed by atoms with Gasteiger partial charge >= 0.3 is 5.97 Å². The van der Waals surface area contributed by atoms with Crippen LogP contribution < -0.4 is 42.6 Å². The lowest BCUT2D eigenvalue weighted by Crippen LogP contribution is -2.08. The van der Waals surface area contributed by atoms with E-state index in [1.54, 1.807) is 12.1 Å². The van der Waals surface area contributed by atoms with Crippen LogP contribution in [0.3, 0.4) is 0 Å². The highest BCUT2D eigenvalue weighted by Gasteiger charge is 2.22. The third-order valence-corrected chi connectivity index (χ3v) is 12.9. The molecule has 10 aromatic carbocycles. The van der Waals surface area contributed by atoms with Crippen molar-refractivity contribution < 1.29 is 52.2 Å². The summed E-state index contributed by atoms with van der Waals surface area (Å²) in [4.78, 5) is 13.6. The van der Waals surface area contributed by atoms with Crippen LogP contribution in [0.2, 0.25) is 0 Å². The van der Waals surface area contributed by atoms with Crippen LogP contribution in [0.25, 0.3) is 0 Å². The molecular weight excluding hydrogens is 1030 g/mol. The molecule has 11 nitrogen and oxygen atoms in total. The molecule has 0 aliphatic carbocycles. The van der Waals surface area contributed by atoms with Crippen LogP contribution in [-0.4, -0.2) is 13.1 Å². The van der Waals surface area contributed by atoms with Crippen LogP contribution in [0.15, 0.2) is 249 Å². The molecule has 412 valence electrons. The second-order valence-corrected chi connectivity index (χ2v) is 19.2. The molecule has 82 heavy (non-hydrogen) atoms. The highest BCUT2D eigenvalue weighted by Crippen LogP contribution is 2.42. The van der Waals surface area contributed by atoms with E-state index < -0.39 is 5.97 Å². The van der Waals surface area contributed by atoms with Gasteiger partial charge < -0.3 is 47.4 Å². The summed E-state index contributed by atoms with van der Waals surface area (Å²) in [6.07, 6.45) is 0. The molecule has 10 aromatic rings. The third-order valence-electron chi connectivity index (χ3n) is 12.9. The molecule has 0 aliphatic heterocycles. The van der Waals surface area contributed by atoms with Crippen LogP contribution in [-0.2, 0) is 64.2 Å². The zero-order valence-electron chi connectivity index (χ0n) is 45.5. The summed E-state index contributed by atoms with van der Waals surface area (Å²) in [6.45, 7) is 2.04. The van der Waals surface area contributed by atoms with Crippen LogP contribution in [0.1, 0.15) is 60.4 Å². The van der Waals surface area contributed by atoms with Gasteiger partial charge in [0.15, 0.2) is 11.5 Å². The van der Waals surface area contributed by atoms with Crippen molar-refractivity contribution in [2.75, 3.05) is 7.11 Å². The Balaban J connectivity index is 0.990. The Labute approximate surface area is 478 Å². The number of benzene rings is 10. The van der Waals surface area contributed by atoms with E-state index in [9.17, 15) is 4.79 Å². The van der Waals surface area contributed by atoms with Crippen molar-refractivity contribution in [1.29, 1.82) is 0 Å². The fraction of sp³-hybridized carbons (Fsp3) is 0.141. The van der Waals surface area contributed by atoms with E-state index in [4.69, 9.17) is 47.4 Å². The lowest BCUT2D eigenvalue weighted by atomic mass is 10.1. The average Bonchev–Trinajstić information content (AvgIpc) is 3.62. The van der Waals surface area contributed by atoms with Gasteiger partial charge in [-0.25, -0.2) is 4.79 Å². The minimum absolute atomic E-state index is 0.00779. The third kappa shape index (κ3) is 16.7. The quantitative estimate of drug-likeness (QED) is 0.0437. The standard InChI is InChI=1S/C71H62O11/c1-73-71(72)61-38-68(80-49-58-32-62(74-43-52-20-8-2-9-21-52)40-63(33-58)75-44-53-22-10-3-11-23-53)70(82-51-60-36-66(78-47-56-28-16-6-17-29-56)42-67(37-60)79-48-57-30-18-7-19-31-57)69(39-61)81-50-59-34-64(76-45-54-24-12-4-13-25-54)41-65(35-59)77-46-55-26-14-5-15-27-55/h2-42H,43-51H2,1H3. The van der Waals surface area contributed by atoms with Crippen LogP contribution in [0.4, 0.5) is 0 Å². The second kappa shape index (κ2) is 28.7. The van der Waals surface area contributed by atoms with E-state index in [-0.39, 0.29) is 42.6 Å². The van der Waals surface area contributed by atoms with Gasteiger partial charge in [0, 0.05) is 18.2 Å². The molecule has 10 rings (SSSR count). The van der Waals surface area contributed by atoms with Gasteiger partial charge in [0.05, 0.1) is 12.7 Å². The Morgan fingerprint density at radius 1 is 0.256 bits per heavy atom. The number of methoxy groups -OCH3 is 1. The van der Waals surface area contributed by atoms with Crippen molar-refractivity contribution in [3.05, 3.63) is 304 Å². The molecule has 0 N–H and O–H groups in total. The maximum absolute atomic E-state index is 13.6. The first-order valence-electron chi connectivity index (χ1n) is 27.0. The molecule has 0 bridgehead atoms. The molecule has 0 spiro atoms. The maximum Gasteiger partial charge on any atom is 0.338 e. The molecule has 0 atom stereocenters. The topological polar surface area (TPSA) is 109 Å². The number of rotatable bonds is 28. The van der Waals surface area contributed by atoms with Crippen LogP contribution >= 0.6 is 0 Å². The summed E-state index contributed by atoms with van der Waals surface area (Å²) in [5.74, 6) is 3.54. The van der Waals surface area contributed by atoms with Gasteiger partial charge in [0.2, 0.25) is 5.75 Å². The van der Waals surface area contributed by atoms with Crippen molar-refractivity contribution in [1.82, 2.24) is 0 Å². The minimum Gasteiger partial charge on any atom is -0.489 e. The molecule has 0 radical (unpaired) electrons. The molecule has 0 aromatic heterocycles. The SMILES string of the molecule is COC(=O)c1cc(OCc2cc(OCc3ccccc3)cc(OCc3ccccc3)c2)c(OCc2cc(OCc3ccccc3)cc(OCc3ccccc3)c2)c(OCc2cc(OCc3ccccc3)cc(OCc3ccccc3)c2)c1. The van der Waals surface area contributed by atoms with E-state index in [0.717, 1.165) is 50.1 Å². The Morgan fingerprint density at radius 3 is 0.707 bits per heavy atom. The fourth-order valence-corrected chi connectivity index (χ4v) is 8.73. The summed E-state index contributed by atoms with van der Waals surface area (Å²) in [5.41, 5.74) is 8.42. The van der Waals surface area contributed by atoms with E-state index in [1.165, 1.54) is 7.11 Å². The van der Waals surface area contributed by atoms with Crippen LogP contribution in [0, 0.1) is 0 Å². The predicted molar refractivity (Wildman–Crippen MR) is 315 cm³/mol. The highest BCUT2D eigenvalue weighted by atomic mass is 16.5. The number of hydrogen-bond donors (Lipinski definition) is 0. The number of carbonyl (C=O) groups excluding carboxylic acids is 1. The lowest BCUT2D eigenvalue weighted by Gasteiger charge is -2.20. The van der Waals surface area contributed by atoms with Crippen LogP contribution in [0.5, 0.6) is 51.7 Å². The Bertz CT molecular complexity index is 3240. The Morgan fingerprint density at radius 2 is 0.476 bits per heavy atom. The lowest BCUT2D eigenvalue weighted by molar-refractivity contribution is 0.0599. The van der Waals surface area contributed by atoms with E-state index in [2.05, 4.69) is 0 Å². The molecule has 0 unspecified atom stereocenters. The molecule has 0 heterocycles. The smallest absolute Gasteiger partial charge is 0.338 e. The minimum atomic E-state index is -0.606. The van der Waals surface area contributed by atoms with Gasteiger partial charge in [-0.3, -0.25) is 0 Å². The van der Waals surface area contributed by atoms with Gasteiger partial charge in [-0.2, -0.15) is 0 Å². The molecule has 11 heteroatoms. The van der Waals surface area contributed by atoms with Crippen molar-refractivity contribution in [3.8, 4) is 51.7 Å². The Kier molecular flexibility index (Phi) is 19.3. The molecular formula is C71H62O11. The first-order chi connectivity index (χ1) is 40.4. The average molecular weight is 1090 g/mol. The number of hydrogen-bond acceptors (Lipinski definition) is 11. The molecule has 0 fully saturated rings. The number of esters is 1. The molecule has 0 amide bonds. The summed E-state index contributed by atoms with van der Waals surface area (Å²) in [6, 6.07) is 79.9. The molecule has 0 aliphatic rings. The first kappa shape index (κ1) is 55.2. The van der Waals surface area contributed by atoms with Crippen molar-refractivity contribution in [2.24, 2.45) is 0 Å². The van der Waals surface area contributed by atoms with Gasteiger partial charge in [-0.05, 0) is 98.6 Å². The molecule has 0 saturated heterocycles. The van der Waals surface area contributed by atoms with Crippen molar-refractivity contribution >= 4 is 5.97 Å². The molecule has 0 saturated carbocycles. The highest BCUT2D eigenvalue weighted by molar-refractivity contribution is 5.91. The normalized spacial score (nSPS) is 10.7. The van der Waals surface area contributed by atoms with Gasteiger partial charge in [0.25, 0.3) is 0 Å². The van der Waals surface area contributed by atoms with Gasteiger partial charge in [-0.1, -0.05) is 182 Å². The predicted octanol–water partition coefficient (Wildman–Crippen LogP) is 15.7. The Hall–Kier alpha value is -10.1.